The molecule has 1 saturated carbocycles. The van der Waals surface area contributed by atoms with Crippen molar-refractivity contribution in [3.05, 3.63) is 81.1 Å². The van der Waals surface area contributed by atoms with Gasteiger partial charge in [-0.25, -0.2) is 9.37 Å². The summed E-state index contributed by atoms with van der Waals surface area (Å²) >= 11 is 1.56. The van der Waals surface area contributed by atoms with Crippen molar-refractivity contribution in [3.63, 3.8) is 0 Å². The van der Waals surface area contributed by atoms with Crippen molar-refractivity contribution < 1.29 is 9.18 Å². The third-order valence-electron chi connectivity index (χ3n) is 5.54. The van der Waals surface area contributed by atoms with Crippen molar-refractivity contribution in [2.24, 2.45) is 7.05 Å². The molecule has 3 heterocycles. The van der Waals surface area contributed by atoms with Gasteiger partial charge in [0.2, 0.25) is 0 Å². The van der Waals surface area contributed by atoms with Gasteiger partial charge >= 0.3 is 0 Å². The number of nitrogens with one attached hydrogen (secondary N) is 1. The van der Waals surface area contributed by atoms with Gasteiger partial charge in [-0.3, -0.25) is 9.48 Å². The largest absolute Gasteiger partial charge is 0.340 e. The Labute approximate surface area is 177 Å². The van der Waals surface area contributed by atoms with Crippen molar-refractivity contribution >= 4 is 28.3 Å². The van der Waals surface area contributed by atoms with E-state index in [1.807, 2.05) is 37.6 Å². The highest BCUT2D eigenvalue weighted by Gasteiger charge is 2.29. The number of nitrogens with zero attached hydrogens (tertiary/aromatic N) is 3. The van der Waals surface area contributed by atoms with Gasteiger partial charge in [0.25, 0.3) is 5.91 Å². The fourth-order valence-corrected chi connectivity index (χ4v) is 4.67. The molecule has 7 heteroatoms. The molecule has 1 unspecified atom stereocenters. The van der Waals surface area contributed by atoms with Crippen LogP contribution in [-0.2, 0) is 7.05 Å². The highest BCUT2D eigenvalue weighted by molar-refractivity contribution is 7.10. The van der Waals surface area contributed by atoms with Crippen LogP contribution in [0.5, 0.6) is 0 Å². The molecule has 1 aromatic carbocycles. The Bertz CT molecular complexity index is 1230. The number of rotatable bonds is 5. The number of aromatic nitrogens is 3. The summed E-state index contributed by atoms with van der Waals surface area (Å²) in [7, 11) is 1.85. The first kappa shape index (κ1) is 18.9. The summed E-state index contributed by atoms with van der Waals surface area (Å²) in [5.74, 6) is -0.0598. The van der Waals surface area contributed by atoms with E-state index in [1.165, 1.54) is 12.1 Å². The minimum absolute atomic E-state index is 0.178. The quantitative estimate of drug-likeness (QED) is 0.501. The van der Waals surface area contributed by atoms with Crippen molar-refractivity contribution in [2.45, 2.75) is 31.7 Å². The van der Waals surface area contributed by atoms with E-state index in [2.05, 4.69) is 10.4 Å². The highest BCUT2D eigenvalue weighted by atomic mass is 32.1. The summed E-state index contributed by atoms with van der Waals surface area (Å²) in [5.41, 5.74) is 3.89. The zero-order chi connectivity index (χ0) is 20.8. The summed E-state index contributed by atoms with van der Waals surface area (Å²) < 4.78 is 15.2. The zero-order valence-electron chi connectivity index (χ0n) is 16.7. The molecule has 1 atom stereocenters. The Balaban J connectivity index is 1.57. The van der Waals surface area contributed by atoms with Crippen LogP contribution < -0.4 is 5.32 Å². The van der Waals surface area contributed by atoms with Crippen molar-refractivity contribution in [3.8, 4) is 0 Å². The second-order valence-electron chi connectivity index (χ2n) is 7.75. The van der Waals surface area contributed by atoms with Crippen LogP contribution >= 0.6 is 11.3 Å². The van der Waals surface area contributed by atoms with Gasteiger partial charge in [0, 0.05) is 23.5 Å². The average molecular weight is 421 g/mol. The molecule has 3 aromatic heterocycles. The molecule has 1 N–H and O–H groups in total. The lowest BCUT2D eigenvalue weighted by atomic mass is 10.0. The van der Waals surface area contributed by atoms with E-state index >= 15 is 0 Å². The van der Waals surface area contributed by atoms with Gasteiger partial charge in [0.05, 0.1) is 22.7 Å². The Morgan fingerprint density at radius 2 is 2.03 bits per heavy atom. The van der Waals surface area contributed by atoms with E-state index in [0.29, 0.717) is 11.5 Å². The SMILES string of the molecule is Cc1nn(C)c2nc(C3CC3)cc(C(=O)NC(c3ccc(F)cc3)c3cccs3)c12. The van der Waals surface area contributed by atoms with Crippen LogP contribution in [0.1, 0.15) is 57.0 Å². The Hall–Kier alpha value is -3.06. The van der Waals surface area contributed by atoms with Crippen LogP contribution in [0.4, 0.5) is 4.39 Å². The maximum atomic E-state index is 13.5. The zero-order valence-corrected chi connectivity index (χ0v) is 17.5. The molecule has 5 nitrogen and oxygen atoms in total. The van der Waals surface area contributed by atoms with Crippen LogP contribution in [-0.4, -0.2) is 20.7 Å². The lowest BCUT2D eigenvalue weighted by molar-refractivity contribution is 0.0945. The molecule has 5 rings (SSSR count). The number of halogens is 1. The minimum Gasteiger partial charge on any atom is -0.340 e. The molecule has 0 aliphatic heterocycles. The van der Waals surface area contributed by atoms with Gasteiger partial charge in [0.15, 0.2) is 5.65 Å². The number of fused-ring (bicyclic) bond motifs is 1. The normalized spacial score (nSPS) is 14.8. The number of amides is 1. The van der Waals surface area contributed by atoms with Gasteiger partial charge in [-0.15, -0.1) is 11.3 Å². The second kappa shape index (κ2) is 7.32. The molecule has 152 valence electrons. The standard InChI is InChI=1S/C23H21FN4OS/c1-13-20-17(12-18(14-5-6-14)25-22(20)28(2)27-13)23(29)26-21(19-4-3-11-30-19)15-7-9-16(24)10-8-15/h3-4,7-12,14,21H,5-6H2,1-2H3,(H,26,29). The van der Waals surface area contributed by atoms with E-state index in [0.717, 1.165) is 45.7 Å². The maximum Gasteiger partial charge on any atom is 0.252 e. The fourth-order valence-electron chi connectivity index (χ4n) is 3.87. The van der Waals surface area contributed by atoms with Crippen LogP contribution in [0.3, 0.4) is 0 Å². The second-order valence-corrected chi connectivity index (χ2v) is 8.73. The first-order valence-corrected chi connectivity index (χ1v) is 10.8. The molecule has 1 amide bonds. The Morgan fingerprint density at radius 1 is 1.27 bits per heavy atom. The van der Waals surface area contributed by atoms with E-state index in [4.69, 9.17) is 4.98 Å². The summed E-state index contributed by atoms with van der Waals surface area (Å²) in [6.07, 6.45) is 2.20. The average Bonchev–Trinajstić information content (AvgIpc) is 3.37. The van der Waals surface area contributed by atoms with Crippen LogP contribution in [0.2, 0.25) is 0 Å². The van der Waals surface area contributed by atoms with Gasteiger partial charge in [-0.05, 0) is 55.0 Å². The first-order valence-electron chi connectivity index (χ1n) is 9.95. The number of carbonyl (C=O) groups is 1. The molecule has 4 aromatic rings. The number of hydrogen-bond donors (Lipinski definition) is 1. The molecule has 0 spiro atoms. The van der Waals surface area contributed by atoms with Gasteiger partial charge in [0.1, 0.15) is 5.82 Å². The Kier molecular flexibility index (Phi) is 4.62. The monoisotopic (exact) mass is 420 g/mol. The number of carbonyl (C=O) groups excluding carboxylic acids is 1. The van der Waals surface area contributed by atoms with Crippen LogP contribution in [0.25, 0.3) is 11.0 Å². The highest BCUT2D eigenvalue weighted by Crippen LogP contribution is 2.40. The molecular formula is C23H21FN4OS. The van der Waals surface area contributed by atoms with Gasteiger partial charge < -0.3 is 5.32 Å². The van der Waals surface area contributed by atoms with Crippen LogP contribution in [0, 0.1) is 12.7 Å². The van der Waals surface area contributed by atoms with E-state index in [1.54, 1.807) is 28.2 Å². The topological polar surface area (TPSA) is 59.8 Å². The first-order chi connectivity index (χ1) is 14.5. The van der Waals surface area contributed by atoms with E-state index in [9.17, 15) is 9.18 Å². The molecule has 1 aliphatic rings. The number of pyridine rings is 1. The molecular weight excluding hydrogens is 399 g/mol. The van der Waals surface area contributed by atoms with E-state index < -0.39 is 0 Å². The lowest BCUT2D eigenvalue weighted by Crippen LogP contribution is -2.29. The summed E-state index contributed by atoms with van der Waals surface area (Å²) in [5, 5.41) is 10.4. The molecule has 30 heavy (non-hydrogen) atoms. The van der Waals surface area contributed by atoms with Crippen LogP contribution in [0.15, 0.2) is 47.8 Å². The summed E-state index contributed by atoms with van der Waals surface area (Å²) in [4.78, 5) is 19.3. The molecule has 0 radical (unpaired) electrons. The van der Waals surface area contributed by atoms with Crippen molar-refractivity contribution in [2.75, 3.05) is 0 Å². The summed E-state index contributed by atoms with van der Waals surface area (Å²) in [6, 6.07) is 11.8. The smallest absolute Gasteiger partial charge is 0.252 e. The predicted octanol–water partition coefficient (Wildman–Crippen LogP) is 4.87. The van der Waals surface area contributed by atoms with Crippen molar-refractivity contribution in [1.82, 2.24) is 20.1 Å². The third-order valence-corrected chi connectivity index (χ3v) is 6.47. The molecule has 1 fully saturated rings. The number of hydrogen-bond acceptors (Lipinski definition) is 4. The predicted molar refractivity (Wildman–Crippen MR) is 115 cm³/mol. The number of thiophene rings is 1. The maximum absolute atomic E-state index is 13.5. The number of aryl methyl sites for hydroxylation is 2. The lowest BCUT2D eigenvalue weighted by Gasteiger charge is -2.19. The van der Waals surface area contributed by atoms with Gasteiger partial charge in [-0.1, -0.05) is 18.2 Å². The molecule has 1 aliphatic carbocycles. The number of benzene rings is 1. The summed E-state index contributed by atoms with van der Waals surface area (Å²) in [6.45, 7) is 1.90. The molecule has 0 saturated heterocycles. The molecule has 0 bridgehead atoms. The Morgan fingerprint density at radius 3 is 2.70 bits per heavy atom. The van der Waals surface area contributed by atoms with Gasteiger partial charge in [-0.2, -0.15) is 5.10 Å². The third kappa shape index (κ3) is 3.39. The minimum atomic E-state index is -0.359. The van der Waals surface area contributed by atoms with E-state index in [-0.39, 0.29) is 17.8 Å². The van der Waals surface area contributed by atoms with Crippen molar-refractivity contribution in [1.29, 1.82) is 0 Å². The fraction of sp³-hybridized carbons (Fsp3) is 0.261.